The summed E-state index contributed by atoms with van der Waals surface area (Å²) in [6, 6.07) is 0. The van der Waals surface area contributed by atoms with E-state index in [9.17, 15) is 9.69 Å². The van der Waals surface area contributed by atoms with E-state index < -0.39 is 20.7 Å². The van der Waals surface area contributed by atoms with Crippen LogP contribution >= 0.6 is 8.60 Å². The minimum Gasteiger partial charge on any atom is -0.870 e. The highest BCUT2D eigenvalue weighted by atomic mass is 31.2. The number of hydrogen-bond donors (Lipinski definition) is 2. The predicted molar refractivity (Wildman–Crippen MR) is 124 cm³/mol. The van der Waals surface area contributed by atoms with Crippen molar-refractivity contribution in [3.63, 3.8) is 0 Å². The molecule has 8 nitrogen and oxygen atoms in total. The van der Waals surface area contributed by atoms with Gasteiger partial charge in [-0.05, 0) is 32.1 Å². The van der Waals surface area contributed by atoms with E-state index in [2.05, 4.69) is 13.8 Å². The number of carboxylic acids is 1. The summed E-state index contributed by atoms with van der Waals surface area (Å²) in [4.78, 5) is 21.0. The minimum absolute atomic E-state index is 0. The number of rotatable bonds is 21. The number of aliphatic carboxylic acids is 1. The third-order valence-corrected chi connectivity index (χ3v) is 5.70. The fourth-order valence-electron chi connectivity index (χ4n) is 3.25. The number of quaternary nitrogens is 1. The van der Waals surface area contributed by atoms with E-state index in [1.165, 1.54) is 32.1 Å². The Balaban J connectivity index is 0. The normalized spacial score (nSPS) is 14.6. The SMILES string of the molecule is CCCCCCCC(CC)OCCCCCOP(O)OC(CC(=O)O)C[N+](C)(C)C.[OH-]. The zero-order chi connectivity index (χ0) is 22.8. The first-order valence-electron chi connectivity index (χ1n) is 11.6. The Hall–Kier alpha value is -0.340. The molecule has 188 valence electrons. The van der Waals surface area contributed by atoms with Gasteiger partial charge in [-0.3, -0.25) is 4.79 Å². The molecule has 9 heteroatoms. The molecule has 0 amide bonds. The molecule has 3 atom stereocenters. The lowest BCUT2D eigenvalue weighted by atomic mass is 10.1. The first kappa shape index (κ1) is 32.8. The lowest BCUT2D eigenvalue weighted by molar-refractivity contribution is -0.873. The molecule has 31 heavy (non-hydrogen) atoms. The molecule has 3 N–H and O–H groups in total. The molecular formula is C22H48NO7P. The molecule has 0 aromatic rings. The zero-order valence-corrected chi connectivity index (χ0v) is 21.3. The molecule has 0 aromatic heterocycles. The van der Waals surface area contributed by atoms with E-state index in [4.69, 9.17) is 18.9 Å². The molecule has 0 rings (SSSR count). The van der Waals surface area contributed by atoms with Crippen molar-refractivity contribution in [2.45, 2.75) is 96.7 Å². The number of nitrogens with zero attached hydrogens (tertiary/aromatic N) is 1. The molecule has 3 unspecified atom stereocenters. The molecule has 0 aliphatic heterocycles. The fourth-order valence-corrected chi connectivity index (χ4v) is 4.00. The van der Waals surface area contributed by atoms with Crippen molar-refractivity contribution < 1.29 is 38.5 Å². The molecule has 0 saturated heterocycles. The Morgan fingerprint density at radius 1 is 0.935 bits per heavy atom. The predicted octanol–water partition coefficient (Wildman–Crippen LogP) is 4.94. The third-order valence-electron chi connectivity index (χ3n) is 4.82. The average molecular weight is 470 g/mol. The number of likely N-dealkylation sites (N-methyl/N-ethyl adjacent to an activating group) is 1. The van der Waals surface area contributed by atoms with Gasteiger partial charge in [0.05, 0.1) is 40.3 Å². The maximum atomic E-state index is 11.0. The molecule has 0 radical (unpaired) electrons. The maximum absolute atomic E-state index is 11.0. The topological polar surface area (TPSA) is 115 Å². The lowest BCUT2D eigenvalue weighted by Crippen LogP contribution is -2.42. The molecular weight excluding hydrogens is 421 g/mol. The van der Waals surface area contributed by atoms with Crippen LogP contribution in [0.3, 0.4) is 0 Å². The van der Waals surface area contributed by atoms with Gasteiger partial charge in [-0.25, -0.2) is 0 Å². The number of carboxylic acid groups (broad SMARTS) is 1. The van der Waals surface area contributed by atoms with Gasteiger partial charge in [-0.15, -0.1) is 0 Å². The first-order chi connectivity index (χ1) is 14.2. The van der Waals surface area contributed by atoms with E-state index in [0.29, 0.717) is 23.7 Å². The van der Waals surface area contributed by atoms with Crippen LogP contribution in [0.4, 0.5) is 0 Å². The second-order valence-electron chi connectivity index (χ2n) is 9.03. The van der Waals surface area contributed by atoms with Crippen LogP contribution in [0, 0.1) is 0 Å². The van der Waals surface area contributed by atoms with Gasteiger partial charge in [0, 0.05) is 6.61 Å². The maximum Gasteiger partial charge on any atom is 0.330 e. The van der Waals surface area contributed by atoms with Crippen molar-refractivity contribution in [3.8, 4) is 0 Å². The summed E-state index contributed by atoms with van der Waals surface area (Å²) in [7, 11) is 3.81. The van der Waals surface area contributed by atoms with Gasteiger partial charge < -0.3 is 33.7 Å². The van der Waals surface area contributed by atoms with E-state index in [1.54, 1.807) is 0 Å². The van der Waals surface area contributed by atoms with Crippen molar-refractivity contribution in [2.24, 2.45) is 0 Å². The Bertz CT molecular complexity index is 421. The van der Waals surface area contributed by atoms with Crippen molar-refractivity contribution >= 4 is 14.6 Å². The van der Waals surface area contributed by atoms with Crippen LogP contribution < -0.4 is 0 Å². The molecule has 0 aromatic carbocycles. The summed E-state index contributed by atoms with van der Waals surface area (Å²) in [5.74, 6) is -0.941. The summed E-state index contributed by atoms with van der Waals surface area (Å²) < 4.78 is 17.4. The van der Waals surface area contributed by atoms with Crippen LogP contribution in [-0.2, 0) is 18.6 Å². The van der Waals surface area contributed by atoms with Crippen LogP contribution in [0.15, 0.2) is 0 Å². The Kier molecular flexibility index (Phi) is 21.5. The fraction of sp³-hybridized carbons (Fsp3) is 0.955. The van der Waals surface area contributed by atoms with Gasteiger partial charge in [0.2, 0.25) is 0 Å². The largest absolute Gasteiger partial charge is 0.870 e. The summed E-state index contributed by atoms with van der Waals surface area (Å²) in [5, 5.41) is 9.01. The Labute approximate surface area is 191 Å². The average Bonchev–Trinajstić information content (AvgIpc) is 2.63. The highest BCUT2D eigenvalue weighted by molar-refractivity contribution is 7.40. The van der Waals surface area contributed by atoms with Crippen LogP contribution in [0.2, 0.25) is 0 Å². The molecule has 0 heterocycles. The quantitative estimate of drug-likeness (QED) is 0.139. The first-order valence-corrected chi connectivity index (χ1v) is 12.7. The highest BCUT2D eigenvalue weighted by Gasteiger charge is 2.25. The standard InChI is InChI=1S/C22H46NO6P.H2O/c1-6-8-9-10-12-15-20(7-2)27-16-13-11-14-17-28-30(26)29-21(18-22(24)25)19-23(3,4)5;/h20-21,26H,6-19H2,1-5H3;1H2. The van der Waals surface area contributed by atoms with Gasteiger partial charge in [0.1, 0.15) is 12.6 Å². The molecule has 0 bridgehead atoms. The van der Waals surface area contributed by atoms with Gasteiger partial charge in [0.15, 0.2) is 0 Å². The number of hydrogen-bond acceptors (Lipinski definition) is 6. The van der Waals surface area contributed by atoms with Gasteiger partial charge in [-0.2, -0.15) is 0 Å². The number of carbonyl (C=O) groups is 1. The van der Waals surface area contributed by atoms with E-state index >= 15 is 0 Å². The molecule has 0 fully saturated rings. The second-order valence-corrected chi connectivity index (χ2v) is 9.98. The van der Waals surface area contributed by atoms with Crippen molar-refractivity contribution in [2.75, 3.05) is 40.9 Å². The van der Waals surface area contributed by atoms with Crippen LogP contribution in [-0.4, -0.2) is 79.0 Å². The van der Waals surface area contributed by atoms with Crippen molar-refractivity contribution in [3.05, 3.63) is 0 Å². The van der Waals surface area contributed by atoms with E-state index in [-0.39, 0.29) is 11.9 Å². The summed E-state index contributed by atoms with van der Waals surface area (Å²) in [5.41, 5.74) is 0. The Morgan fingerprint density at radius 3 is 2.13 bits per heavy atom. The molecule has 0 aliphatic carbocycles. The summed E-state index contributed by atoms with van der Waals surface area (Å²) >= 11 is 0. The summed E-state index contributed by atoms with van der Waals surface area (Å²) in [6.45, 7) is 6.08. The van der Waals surface area contributed by atoms with Crippen LogP contribution in [0.5, 0.6) is 0 Å². The van der Waals surface area contributed by atoms with Gasteiger partial charge in [0.25, 0.3) is 0 Å². The minimum atomic E-state index is -2.06. The Morgan fingerprint density at radius 2 is 1.55 bits per heavy atom. The highest BCUT2D eigenvalue weighted by Crippen LogP contribution is 2.36. The van der Waals surface area contributed by atoms with Crippen molar-refractivity contribution in [1.29, 1.82) is 0 Å². The lowest BCUT2D eigenvalue weighted by Gasteiger charge is -2.29. The van der Waals surface area contributed by atoms with E-state index in [1.807, 2.05) is 21.1 Å². The number of unbranched alkanes of at least 4 members (excludes halogenated alkanes) is 6. The third kappa shape index (κ3) is 22.6. The smallest absolute Gasteiger partial charge is 0.330 e. The van der Waals surface area contributed by atoms with E-state index in [0.717, 1.165) is 38.7 Å². The summed E-state index contributed by atoms with van der Waals surface area (Å²) in [6.07, 6.45) is 11.1. The molecule has 0 saturated carbocycles. The molecule has 0 spiro atoms. The monoisotopic (exact) mass is 469 g/mol. The number of ether oxygens (including phenoxy) is 1. The van der Waals surface area contributed by atoms with Crippen LogP contribution in [0.1, 0.15) is 84.5 Å². The zero-order valence-electron chi connectivity index (χ0n) is 20.4. The second kappa shape index (κ2) is 20.3. The molecule has 0 aliphatic rings. The van der Waals surface area contributed by atoms with Crippen molar-refractivity contribution in [1.82, 2.24) is 0 Å². The van der Waals surface area contributed by atoms with Gasteiger partial charge >= 0.3 is 14.6 Å². The van der Waals surface area contributed by atoms with Gasteiger partial charge in [-0.1, -0.05) is 46.0 Å². The van der Waals surface area contributed by atoms with Crippen LogP contribution in [0.25, 0.3) is 0 Å².